The number of hydrogen-bond acceptors (Lipinski definition) is 3. The van der Waals surface area contributed by atoms with Crippen LogP contribution in [0.3, 0.4) is 0 Å². The van der Waals surface area contributed by atoms with E-state index in [2.05, 4.69) is 10.3 Å². The molecule has 0 saturated heterocycles. The zero-order chi connectivity index (χ0) is 12.5. The van der Waals surface area contributed by atoms with Crippen molar-refractivity contribution in [3.8, 4) is 5.75 Å². The second kappa shape index (κ2) is 4.51. The Hall–Kier alpha value is -1.58. The van der Waals surface area contributed by atoms with Gasteiger partial charge in [0, 0.05) is 5.92 Å². The van der Waals surface area contributed by atoms with E-state index in [1.54, 1.807) is 6.92 Å². The van der Waals surface area contributed by atoms with Gasteiger partial charge in [0.2, 0.25) is 5.91 Å². The molecule has 0 spiro atoms. The van der Waals surface area contributed by atoms with Crippen molar-refractivity contribution in [2.75, 3.05) is 5.32 Å². The molecule has 0 radical (unpaired) electrons. The summed E-state index contributed by atoms with van der Waals surface area (Å²) in [5, 5.41) is 12.4. The topological polar surface area (TPSA) is 62.2 Å². The van der Waals surface area contributed by atoms with Gasteiger partial charge in [-0.05, 0) is 31.9 Å². The third-order valence-corrected chi connectivity index (χ3v) is 2.66. The molecule has 4 heteroatoms. The minimum Gasteiger partial charge on any atom is -0.506 e. The lowest BCUT2D eigenvalue weighted by atomic mass is 10.1. The molecule has 1 rings (SSSR count). The third-order valence-electron chi connectivity index (χ3n) is 2.66. The highest BCUT2D eigenvalue weighted by Crippen LogP contribution is 2.27. The molecular weight excluding hydrogens is 204 g/mol. The lowest BCUT2D eigenvalue weighted by Gasteiger charge is -2.13. The lowest BCUT2D eigenvalue weighted by Crippen LogP contribution is -2.19. The van der Waals surface area contributed by atoms with Crippen LogP contribution in [0.2, 0.25) is 0 Å². The SMILES string of the molecule is Cc1nc(NC(=O)C(C)C)c(C)c(C)c1O. The minimum absolute atomic E-state index is 0.0694. The molecule has 0 saturated carbocycles. The Bertz CT molecular complexity index is 426. The summed E-state index contributed by atoms with van der Waals surface area (Å²) in [7, 11) is 0. The van der Waals surface area contributed by atoms with E-state index in [1.807, 2.05) is 27.7 Å². The van der Waals surface area contributed by atoms with E-state index in [9.17, 15) is 9.90 Å². The van der Waals surface area contributed by atoms with Gasteiger partial charge in [0.1, 0.15) is 11.6 Å². The van der Waals surface area contributed by atoms with E-state index in [4.69, 9.17) is 0 Å². The van der Waals surface area contributed by atoms with Gasteiger partial charge in [-0.2, -0.15) is 0 Å². The van der Waals surface area contributed by atoms with Crippen LogP contribution >= 0.6 is 0 Å². The van der Waals surface area contributed by atoms with Crippen molar-refractivity contribution in [2.24, 2.45) is 5.92 Å². The molecule has 1 heterocycles. The number of aromatic hydroxyl groups is 1. The molecule has 1 amide bonds. The van der Waals surface area contributed by atoms with Crippen LogP contribution in [0.15, 0.2) is 0 Å². The van der Waals surface area contributed by atoms with Crippen LogP contribution in [0.5, 0.6) is 5.75 Å². The highest BCUT2D eigenvalue weighted by atomic mass is 16.3. The van der Waals surface area contributed by atoms with Gasteiger partial charge in [0.05, 0.1) is 5.69 Å². The smallest absolute Gasteiger partial charge is 0.228 e. The number of aromatic nitrogens is 1. The maximum absolute atomic E-state index is 11.6. The number of rotatable bonds is 2. The van der Waals surface area contributed by atoms with Crippen LogP contribution in [0.1, 0.15) is 30.7 Å². The zero-order valence-electron chi connectivity index (χ0n) is 10.4. The Morgan fingerprint density at radius 1 is 1.25 bits per heavy atom. The van der Waals surface area contributed by atoms with E-state index in [0.29, 0.717) is 11.5 Å². The molecular formula is C12H18N2O2. The number of aryl methyl sites for hydroxylation is 1. The summed E-state index contributed by atoms with van der Waals surface area (Å²) in [5.41, 5.74) is 2.09. The molecule has 0 aromatic carbocycles. The van der Waals surface area contributed by atoms with Crippen LogP contribution in [0, 0.1) is 26.7 Å². The van der Waals surface area contributed by atoms with E-state index in [1.165, 1.54) is 0 Å². The summed E-state index contributed by atoms with van der Waals surface area (Å²) >= 11 is 0. The third kappa shape index (κ3) is 2.32. The molecule has 0 aliphatic carbocycles. The average Bonchev–Trinajstić information content (AvgIpc) is 2.22. The van der Waals surface area contributed by atoms with Gasteiger partial charge in [0.25, 0.3) is 0 Å². The van der Waals surface area contributed by atoms with E-state index in [0.717, 1.165) is 11.1 Å². The monoisotopic (exact) mass is 222 g/mol. The van der Waals surface area contributed by atoms with Crippen molar-refractivity contribution in [3.63, 3.8) is 0 Å². The number of amides is 1. The fourth-order valence-corrected chi connectivity index (χ4v) is 1.31. The first-order chi connectivity index (χ1) is 7.34. The minimum atomic E-state index is -0.0874. The highest BCUT2D eigenvalue weighted by Gasteiger charge is 2.14. The van der Waals surface area contributed by atoms with Gasteiger partial charge in [-0.25, -0.2) is 4.98 Å². The van der Waals surface area contributed by atoms with Crippen LogP contribution in [0.4, 0.5) is 5.82 Å². The molecule has 0 fully saturated rings. The Morgan fingerprint density at radius 2 is 1.81 bits per heavy atom. The molecule has 0 aliphatic rings. The molecule has 2 N–H and O–H groups in total. The fraction of sp³-hybridized carbons (Fsp3) is 0.500. The van der Waals surface area contributed by atoms with Crippen molar-refractivity contribution in [1.82, 2.24) is 4.98 Å². The van der Waals surface area contributed by atoms with E-state index >= 15 is 0 Å². The van der Waals surface area contributed by atoms with Crippen LogP contribution in [-0.4, -0.2) is 16.0 Å². The standard InChI is InChI=1S/C12H18N2O2/c1-6(2)12(16)14-11-8(4)7(3)10(15)9(5)13-11/h6,15H,1-5H3,(H,13,14,16). The van der Waals surface area contributed by atoms with Crippen LogP contribution < -0.4 is 5.32 Å². The van der Waals surface area contributed by atoms with E-state index < -0.39 is 0 Å². The molecule has 88 valence electrons. The number of pyridine rings is 1. The quantitative estimate of drug-likeness (QED) is 0.807. The van der Waals surface area contributed by atoms with Gasteiger partial charge in [-0.3, -0.25) is 4.79 Å². The Kier molecular flexibility index (Phi) is 3.52. The van der Waals surface area contributed by atoms with Crippen molar-refractivity contribution < 1.29 is 9.90 Å². The number of nitrogens with zero attached hydrogens (tertiary/aromatic N) is 1. The van der Waals surface area contributed by atoms with Crippen LogP contribution in [0.25, 0.3) is 0 Å². The summed E-state index contributed by atoms with van der Waals surface area (Å²) < 4.78 is 0. The van der Waals surface area contributed by atoms with Gasteiger partial charge < -0.3 is 10.4 Å². The molecule has 0 atom stereocenters. The zero-order valence-corrected chi connectivity index (χ0v) is 10.4. The molecule has 1 aromatic heterocycles. The maximum atomic E-state index is 11.6. The molecule has 0 unspecified atom stereocenters. The Morgan fingerprint density at radius 3 is 2.31 bits per heavy atom. The highest BCUT2D eigenvalue weighted by molar-refractivity contribution is 5.92. The first kappa shape index (κ1) is 12.5. The van der Waals surface area contributed by atoms with E-state index in [-0.39, 0.29) is 17.6 Å². The maximum Gasteiger partial charge on any atom is 0.228 e. The molecule has 1 aromatic rings. The number of hydrogen-bond donors (Lipinski definition) is 2. The first-order valence-corrected chi connectivity index (χ1v) is 5.32. The predicted molar refractivity (Wildman–Crippen MR) is 63.6 cm³/mol. The average molecular weight is 222 g/mol. The normalized spacial score (nSPS) is 10.6. The molecule has 4 nitrogen and oxygen atoms in total. The molecule has 0 aliphatic heterocycles. The predicted octanol–water partition coefficient (Wildman–Crippen LogP) is 2.31. The van der Waals surface area contributed by atoms with Crippen molar-refractivity contribution in [2.45, 2.75) is 34.6 Å². The summed E-state index contributed by atoms with van der Waals surface area (Å²) in [6.07, 6.45) is 0. The largest absolute Gasteiger partial charge is 0.506 e. The second-order valence-corrected chi connectivity index (χ2v) is 4.29. The number of carbonyl (C=O) groups excluding carboxylic acids is 1. The summed E-state index contributed by atoms with van der Waals surface area (Å²) in [6.45, 7) is 9.00. The van der Waals surface area contributed by atoms with Crippen molar-refractivity contribution in [1.29, 1.82) is 0 Å². The van der Waals surface area contributed by atoms with Gasteiger partial charge in [-0.1, -0.05) is 13.8 Å². The van der Waals surface area contributed by atoms with Gasteiger partial charge in [0.15, 0.2) is 0 Å². The number of anilines is 1. The number of carbonyl (C=O) groups is 1. The first-order valence-electron chi connectivity index (χ1n) is 5.32. The van der Waals surface area contributed by atoms with Gasteiger partial charge in [-0.15, -0.1) is 0 Å². The summed E-state index contributed by atoms with van der Waals surface area (Å²) in [4.78, 5) is 15.7. The second-order valence-electron chi connectivity index (χ2n) is 4.29. The van der Waals surface area contributed by atoms with Crippen molar-refractivity contribution in [3.05, 3.63) is 16.8 Å². The Balaban J connectivity index is 3.11. The molecule has 16 heavy (non-hydrogen) atoms. The fourth-order valence-electron chi connectivity index (χ4n) is 1.31. The summed E-state index contributed by atoms with van der Waals surface area (Å²) in [6, 6.07) is 0. The van der Waals surface area contributed by atoms with Gasteiger partial charge >= 0.3 is 0 Å². The molecule has 0 bridgehead atoms. The van der Waals surface area contributed by atoms with Crippen LogP contribution in [-0.2, 0) is 4.79 Å². The summed E-state index contributed by atoms with van der Waals surface area (Å²) in [5.74, 6) is 0.572. The lowest BCUT2D eigenvalue weighted by molar-refractivity contribution is -0.118. The Labute approximate surface area is 95.7 Å². The number of nitrogens with one attached hydrogen (secondary N) is 1. The van der Waals surface area contributed by atoms with Crippen molar-refractivity contribution >= 4 is 11.7 Å².